The molecule has 0 radical (unpaired) electrons. The van der Waals surface area contributed by atoms with E-state index < -0.39 is 0 Å². The summed E-state index contributed by atoms with van der Waals surface area (Å²) in [6, 6.07) is 11.9. The second-order valence-corrected chi connectivity index (χ2v) is 6.53. The van der Waals surface area contributed by atoms with Gasteiger partial charge in [0.15, 0.2) is 0 Å². The van der Waals surface area contributed by atoms with E-state index in [4.69, 9.17) is 0 Å². The average Bonchev–Trinajstić information content (AvgIpc) is 2.80. The molecular weight excluding hydrogens is 218 g/mol. The van der Waals surface area contributed by atoms with Crippen LogP contribution in [0.1, 0.15) is 51.6 Å². The van der Waals surface area contributed by atoms with E-state index in [0.717, 1.165) is 0 Å². The van der Waals surface area contributed by atoms with Crippen molar-refractivity contribution in [3.05, 3.63) is 48.0 Å². The minimum Gasteiger partial charge on any atom is -0.307 e. The second kappa shape index (κ2) is 5.71. The van der Waals surface area contributed by atoms with Gasteiger partial charge in [0.2, 0.25) is 0 Å². The van der Waals surface area contributed by atoms with E-state index in [-0.39, 0.29) is 0 Å². The van der Waals surface area contributed by atoms with E-state index in [9.17, 15) is 0 Å². The van der Waals surface area contributed by atoms with Crippen LogP contribution in [-0.4, -0.2) is 6.04 Å². The van der Waals surface area contributed by atoms with Crippen molar-refractivity contribution in [3.8, 4) is 0 Å². The molecule has 1 aromatic carbocycles. The molecule has 1 aliphatic carbocycles. The predicted molar refractivity (Wildman–Crippen MR) is 78.6 cm³/mol. The van der Waals surface area contributed by atoms with Gasteiger partial charge in [-0.05, 0) is 30.2 Å². The molecule has 1 unspecified atom stereocenters. The van der Waals surface area contributed by atoms with Gasteiger partial charge in [-0.1, -0.05) is 63.3 Å². The fraction of sp³-hybridized carbons (Fsp3) is 0.529. The molecule has 0 saturated heterocycles. The minimum atomic E-state index is 0.347. The zero-order valence-electron chi connectivity index (χ0n) is 11.8. The zero-order chi connectivity index (χ0) is 13.0. The third-order valence-corrected chi connectivity index (χ3v) is 3.46. The summed E-state index contributed by atoms with van der Waals surface area (Å²) in [4.78, 5) is 0. The van der Waals surface area contributed by atoms with Gasteiger partial charge in [-0.15, -0.1) is 0 Å². The van der Waals surface area contributed by atoms with Gasteiger partial charge in [-0.3, -0.25) is 0 Å². The Hall–Kier alpha value is -1.08. The molecule has 1 aliphatic rings. The van der Waals surface area contributed by atoms with Crippen LogP contribution in [0.5, 0.6) is 0 Å². The van der Waals surface area contributed by atoms with Crippen LogP contribution < -0.4 is 5.32 Å². The molecule has 0 fully saturated rings. The van der Waals surface area contributed by atoms with Gasteiger partial charge in [0.1, 0.15) is 0 Å². The summed E-state index contributed by atoms with van der Waals surface area (Å²) in [5.74, 6) is 0. The Bertz CT molecular complexity index is 378. The summed E-state index contributed by atoms with van der Waals surface area (Å²) in [6.07, 6.45) is 8.10. The molecule has 1 atom stereocenters. The van der Waals surface area contributed by atoms with E-state index in [1.807, 2.05) is 0 Å². The molecule has 1 N–H and O–H groups in total. The highest BCUT2D eigenvalue weighted by atomic mass is 15.0. The van der Waals surface area contributed by atoms with Crippen molar-refractivity contribution in [2.24, 2.45) is 5.41 Å². The molecule has 18 heavy (non-hydrogen) atoms. The van der Waals surface area contributed by atoms with Crippen molar-refractivity contribution < 1.29 is 0 Å². The molecule has 0 aromatic heterocycles. The highest BCUT2D eigenvalue weighted by Gasteiger charge is 2.23. The Balaban J connectivity index is 2.07. The minimum absolute atomic E-state index is 0.347. The average molecular weight is 243 g/mol. The van der Waals surface area contributed by atoms with Gasteiger partial charge < -0.3 is 5.32 Å². The fourth-order valence-electron chi connectivity index (χ4n) is 2.61. The Morgan fingerprint density at radius 3 is 2.28 bits per heavy atom. The first kappa shape index (κ1) is 13.4. The molecule has 0 spiro atoms. The summed E-state index contributed by atoms with van der Waals surface area (Å²) in [6.45, 7) is 6.95. The first-order valence-electron chi connectivity index (χ1n) is 7.00. The first-order chi connectivity index (χ1) is 8.54. The monoisotopic (exact) mass is 243 g/mol. The summed E-state index contributed by atoms with van der Waals surface area (Å²) in [5, 5.41) is 3.83. The smallest absolute Gasteiger partial charge is 0.0327 e. The highest BCUT2D eigenvalue weighted by Crippen LogP contribution is 2.30. The lowest BCUT2D eigenvalue weighted by atomic mass is 9.85. The molecule has 1 nitrogen and oxygen atoms in total. The number of hydrogen-bond acceptors (Lipinski definition) is 1. The van der Waals surface area contributed by atoms with Crippen molar-refractivity contribution in [2.75, 3.05) is 0 Å². The molecule has 1 heteroatoms. The van der Waals surface area contributed by atoms with Crippen LogP contribution in [0.15, 0.2) is 42.5 Å². The van der Waals surface area contributed by atoms with E-state index in [1.54, 1.807) is 0 Å². The van der Waals surface area contributed by atoms with Gasteiger partial charge >= 0.3 is 0 Å². The Labute approximate surface area is 111 Å². The van der Waals surface area contributed by atoms with Crippen LogP contribution >= 0.6 is 0 Å². The van der Waals surface area contributed by atoms with E-state index in [1.165, 1.54) is 24.8 Å². The molecule has 0 aliphatic heterocycles. The third kappa shape index (κ3) is 3.99. The maximum absolute atomic E-state index is 3.83. The molecule has 1 aromatic rings. The van der Waals surface area contributed by atoms with Gasteiger partial charge in [-0.25, -0.2) is 0 Å². The normalized spacial score (nSPS) is 18.2. The summed E-state index contributed by atoms with van der Waals surface area (Å²) >= 11 is 0. The van der Waals surface area contributed by atoms with Crippen molar-refractivity contribution in [2.45, 2.75) is 52.1 Å². The molecule has 98 valence electrons. The summed E-state index contributed by atoms with van der Waals surface area (Å²) in [7, 11) is 0. The lowest BCUT2D eigenvalue weighted by Gasteiger charge is -2.29. The topological polar surface area (TPSA) is 12.0 Å². The molecule has 0 saturated carbocycles. The largest absolute Gasteiger partial charge is 0.307 e. The Kier molecular flexibility index (Phi) is 4.23. The Morgan fingerprint density at radius 2 is 1.72 bits per heavy atom. The lowest BCUT2D eigenvalue weighted by Crippen LogP contribution is -2.33. The fourth-order valence-corrected chi connectivity index (χ4v) is 2.61. The first-order valence-corrected chi connectivity index (χ1v) is 7.00. The Morgan fingerprint density at radius 1 is 1.11 bits per heavy atom. The maximum Gasteiger partial charge on any atom is 0.0327 e. The van der Waals surface area contributed by atoms with Crippen molar-refractivity contribution in [1.82, 2.24) is 5.32 Å². The van der Waals surface area contributed by atoms with Crippen LogP contribution in [0.2, 0.25) is 0 Å². The molecule has 0 heterocycles. The second-order valence-electron chi connectivity index (χ2n) is 6.53. The highest BCUT2D eigenvalue weighted by molar-refractivity contribution is 5.19. The number of rotatable bonds is 4. The van der Waals surface area contributed by atoms with Crippen LogP contribution in [0.3, 0.4) is 0 Å². The molecule has 0 bridgehead atoms. The van der Waals surface area contributed by atoms with Gasteiger partial charge in [-0.2, -0.15) is 0 Å². The third-order valence-electron chi connectivity index (χ3n) is 3.46. The van der Waals surface area contributed by atoms with Gasteiger partial charge in [0, 0.05) is 12.1 Å². The van der Waals surface area contributed by atoms with Crippen LogP contribution in [-0.2, 0) is 0 Å². The number of hydrogen-bond donors (Lipinski definition) is 1. The summed E-state index contributed by atoms with van der Waals surface area (Å²) in [5.41, 5.74) is 1.76. The van der Waals surface area contributed by atoms with Gasteiger partial charge in [0.25, 0.3) is 0 Å². The van der Waals surface area contributed by atoms with Crippen molar-refractivity contribution >= 4 is 0 Å². The molecule has 2 rings (SSSR count). The standard InChI is InChI=1S/C17H25N/c1-17(2,3)13-16(14-9-5-4-6-10-14)18-15-11-7-8-12-15/h4-10,15-16,18H,11-13H2,1-3H3. The van der Waals surface area contributed by atoms with E-state index in [2.05, 4.69) is 68.6 Å². The van der Waals surface area contributed by atoms with Crippen molar-refractivity contribution in [3.63, 3.8) is 0 Å². The molecular formula is C17H25N. The molecule has 0 amide bonds. The van der Waals surface area contributed by atoms with Crippen LogP contribution in [0.25, 0.3) is 0 Å². The van der Waals surface area contributed by atoms with Crippen LogP contribution in [0.4, 0.5) is 0 Å². The number of nitrogens with one attached hydrogen (secondary N) is 1. The zero-order valence-corrected chi connectivity index (χ0v) is 11.8. The summed E-state index contributed by atoms with van der Waals surface area (Å²) < 4.78 is 0. The SMILES string of the molecule is CC(C)(C)CC(NC1CC=CC1)c1ccccc1. The number of benzene rings is 1. The maximum atomic E-state index is 3.83. The quantitative estimate of drug-likeness (QED) is 0.769. The lowest BCUT2D eigenvalue weighted by molar-refractivity contribution is 0.294. The predicted octanol–water partition coefficient (Wildman–Crippen LogP) is 4.47. The van der Waals surface area contributed by atoms with E-state index in [0.29, 0.717) is 17.5 Å². The van der Waals surface area contributed by atoms with Crippen molar-refractivity contribution in [1.29, 1.82) is 0 Å². The van der Waals surface area contributed by atoms with E-state index >= 15 is 0 Å². The van der Waals surface area contributed by atoms with Gasteiger partial charge in [0.05, 0.1) is 0 Å². The van der Waals surface area contributed by atoms with Crippen LogP contribution in [0, 0.1) is 5.41 Å².